The summed E-state index contributed by atoms with van der Waals surface area (Å²) in [5, 5.41) is 8.83. The second kappa shape index (κ2) is 4.54. The highest BCUT2D eigenvalue weighted by Gasteiger charge is 2.17. The van der Waals surface area contributed by atoms with Crippen LogP contribution in [0.3, 0.4) is 0 Å². The van der Waals surface area contributed by atoms with E-state index in [4.69, 9.17) is 5.11 Å². The average Bonchev–Trinajstić information content (AvgIpc) is 2.16. The quantitative estimate of drug-likeness (QED) is 0.688. The first-order chi connectivity index (χ1) is 6.56. The molecular weight excluding hydrogens is 295 g/mol. The number of benzene rings is 1. The topological polar surface area (TPSA) is 54.4 Å². The first-order valence-corrected chi connectivity index (χ1v) is 5.11. The third kappa shape index (κ3) is 2.31. The van der Waals surface area contributed by atoms with Crippen molar-refractivity contribution in [2.45, 2.75) is 12.8 Å². The maximum atomic E-state index is 10.8. The predicted octanol–water partition coefficient (Wildman–Crippen LogP) is 2.29. The van der Waals surface area contributed by atoms with Crippen LogP contribution in [0.5, 0.6) is 0 Å². The van der Waals surface area contributed by atoms with E-state index in [1.807, 2.05) is 0 Å². The van der Waals surface area contributed by atoms with Crippen LogP contribution in [-0.2, 0) is 4.79 Å². The lowest BCUT2D eigenvalue weighted by Crippen LogP contribution is -2.10. The fourth-order valence-corrected chi connectivity index (χ4v) is 1.68. The van der Waals surface area contributed by atoms with Crippen LogP contribution in [-0.4, -0.2) is 17.4 Å². The summed E-state index contributed by atoms with van der Waals surface area (Å²) in [5.74, 6) is -1.57. The zero-order valence-corrected chi connectivity index (χ0v) is 9.69. The molecule has 0 aliphatic carbocycles. The molecule has 0 bridgehead atoms. The summed E-state index contributed by atoms with van der Waals surface area (Å²) in [6.07, 6.45) is 0.685. The van der Waals surface area contributed by atoms with Gasteiger partial charge in [-0.25, -0.2) is 0 Å². The number of hydrogen-bond donors (Lipinski definition) is 1. The van der Waals surface area contributed by atoms with Crippen molar-refractivity contribution in [2.24, 2.45) is 0 Å². The Morgan fingerprint density at radius 3 is 2.71 bits per heavy atom. The Hall–Kier alpha value is -0.910. The number of carboxylic acid groups (broad SMARTS) is 1. The Labute approximate surface area is 95.3 Å². The zero-order valence-electron chi connectivity index (χ0n) is 7.53. The lowest BCUT2D eigenvalue weighted by atomic mass is 9.97. The highest BCUT2D eigenvalue weighted by atomic mass is 127. The Morgan fingerprint density at radius 1 is 1.57 bits per heavy atom. The largest absolute Gasteiger partial charge is 0.481 e. The van der Waals surface area contributed by atoms with Gasteiger partial charge in [0.1, 0.15) is 6.29 Å². The minimum atomic E-state index is -0.921. The fraction of sp³-hybridized carbons (Fsp3) is 0.200. The number of hydrogen-bond acceptors (Lipinski definition) is 2. The van der Waals surface area contributed by atoms with Gasteiger partial charge in [-0.1, -0.05) is 6.07 Å². The third-order valence-electron chi connectivity index (χ3n) is 2.01. The Balaban J connectivity index is 3.23. The van der Waals surface area contributed by atoms with E-state index in [1.165, 1.54) is 0 Å². The molecule has 0 radical (unpaired) electrons. The van der Waals surface area contributed by atoms with Crippen molar-refractivity contribution in [3.8, 4) is 0 Å². The molecule has 0 aromatic heterocycles. The summed E-state index contributed by atoms with van der Waals surface area (Å²) in [6, 6.07) is 5.15. The normalized spacial score (nSPS) is 12.1. The zero-order chi connectivity index (χ0) is 10.7. The van der Waals surface area contributed by atoms with Gasteiger partial charge in [-0.3, -0.25) is 9.59 Å². The number of aldehydes is 1. The summed E-state index contributed by atoms with van der Waals surface area (Å²) >= 11 is 2.09. The van der Waals surface area contributed by atoms with E-state index < -0.39 is 11.9 Å². The molecule has 0 aliphatic heterocycles. The van der Waals surface area contributed by atoms with Crippen LogP contribution in [0.15, 0.2) is 18.2 Å². The molecule has 0 saturated heterocycles. The van der Waals surface area contributed by atoms with Crippen LogP contribution in [0.4, 0.5) is 0 Å². The van der Waals surface area contributed by atoms with Gasteiger partial charge in [0.25, 0.3) is 0 Å². The predicted molar refractivity (Wildman–Crippen MR) is 60.6 cm³/mol. The van der Waals surface area contributed by atoms with Crippen LogP contribution in [0, 0.1) is 3.57 Å². The minimum Gasteiger partial charge on any atom is -0.481 e. The van der Waals surface area contributed by atoms with E-state index in [0.717, 1.165) is 3.57 Å². The van der Waals surface area contributed by atoms with Gasteiger partial charge in [0.05, 0.1) is 5.92 Å². The second-order valence-corrected chi connectivity index (χ2v) is 4.20. The third-order valence-corrected chi connectivity index (χ3v) is 2.68. The summed E-state index contributed by atoms with van der Waals surface area (Å²) in [5.41, 5.74) is 1.01. The lowest BCUT2D eigenvalue weighted by Gasteiger charge is -2.09. The maximum absolute atomic E-state index is 10.8. The Bertz CT molecular complexity index is 374. The first kappa shape index (κ1) is 11.2. The lowest BCUT2D eigenvalue weighted by molar-refractivity contribution is -0.138. The van der Waals surface area contributed by atoms with Crippen LogP contribution in [0.1, 0.15) is 28.8 Å². The van der Waals surface area contributed by atoms with E-state index in [1.54, 1.807) is 25.1 Å². The van der Waals surface area contributed by atoms with Gasteiger partial charge in [0.15, 0.2) is 0 Å². The first-order valence-electron chi connectivity index (χ1n) is 4.03. The van der Waals surface area contributed by atoms with Gasteiger partial charge < -0.3 is 5.11 Å². The van der Waals surface area contributed by atoms with Gasteiger partial charge in [-0.05, 0) is 47.2 Å². The SMILES string of the molecule is CC(C(=O)O)c1cc(I)ccc1C=O. The molecule has 4 heteroatoms. The van der Waals surface area contributed by atoms with Crippen LogP contribution in [0.25, 0.3) is 0 Å². The summed E-state index contributed by atoms with van der Waals surface area (Å²) in [7, 11) is 0. The smallest absolute Gasteiger partial charge is 0.310 e. The molecule has 1 rings (SSSR count). The summed E-state index contributed by atoms with van der Waals surface area (Å²) < 4.78 is 0.927. The highest BCUT2D eigenvalue weighted by Crippen LogP contribution is 2.21. The van der Waals surface area contributed by atoms with Crippen molar-refractivity contribution in [1.82, 2.24) is 0 Å². The second-order valence-electron chi connectivity index (χ2n) is 2.95. The molecule has 0 aliphatic rings. The molecule has 1 atom stereocenters. The number of carbonyl (C=O) groups excluding carboxylic acids is 1. The van der Waals surface area contributed by atoms with Crippen molar-refractivity contribution < 1.29 is 14.7 Å². The molecule has 0 spiro atoms. The average molecular weight is 304 g/mol. The van der Waals surface area contributed by atoms with E-state index in [2.05, 4.69) is 22.6 Å². The van der Waals surface area contributed by atoms with Crippen molar-refractivity contribution in [3.05, 3.63) is 32.9 Å². The van der Waals surface area contributed by atoms with E-state index in [-0.39, 0.29) is 0 Å². The molecule has 74 valence electrons. The summed E-state index contributed by atoms with van der Waals surface area (Å²) in [4.78, 5) is 21.4. The molecule has 14 heavy (non-hydrogen) atoms. The molecule has 1 aromatic rings. The van der Waals surface area contributed by atoms with Crippen LogP contribution in [0.2, 0.25) is 0 Å². The number of halogens is 1. The molecule has 0 heterocycles. The maximum Gasteiger partial charge on any atom is 0.310 e. The van der Waals surface area contributed by atoms with Crippen LogP contribution < -0.4 is 0 Å². The Kier molecular flexibility index (Phi) is 3.62. The summed E-state index contributed by atoms with van der Waals surface area (Å²) in [6.45, 7) is 1.57. The van der Waals surface area contributed by atoms with Crippen LogP contribution >= 0.6 is 22.6 Å². The highest BCUT2D eigenvalue weighted by molar-refractivity contribution is 14.1. The van der Waals surface area contributed by atoms with Crippen molar-refractivity contribution in [1.29, 1.82) is 0 Å². The van der Waals surface area contributed by atoms with Crippen molar-refractivity contribution in [3.63, 3.8) is 0 Å². The molecule has 0 amide bonds. The molecular formula is C10H9IO3. The fourth-order valence-electron chi connectivity index (χ4n) is 1.16. The van der Waals surface area contributed by atoms with Crippen molar-refractivity contribution >= 4 is 34.8 Å². The molecule has 0 fully saturated rings. The number of carboxylic acids is 1. The number of rotatable bonds is 3. The number of aliphatic carboxylic acids is 1. The Morgan fingerprint density at radius 2 is 2.21 bits per heavy atom. The van der Waals surface area contributed by atoms with Crippen molar-refractivity contribution in [2.75, 3.05) is 0 Å². The monoisotopic (exact) mass is 304 g/mol. The molecule has 1 unspecified atom stereocenters. The van der Waals surface area contributed by atoms with E-state index >= 15 is 0 Å². The number of carbonyl (C=O) groups is 2. The van der Waals surface area contributed by atoms with E-state index in [9.17, 15) is 9.59 Å². The van der Waals surface area contributed by atoms with E-state index in [0.29, 0.717) is 17.4 Å². The molecule has 3 nitrogen and oxygen atoms in total. The van der Waals surface area contributed by atoms with Gasteiger partial charge in [-0.15, -0.1) is 0 Å². The van der Waals surface area contributed by atoms with Gasteiger partial charge in [0, 0.05) is 9.13 Å². The van der Waals surface area contributed by atoms with Gasteiger partial charge in [0.2, 0.25) is 0 Å². The molecule has 1 N–H and O–H groups in total. The standard InChI is InChI=1S/C10H9IO3/c1-6(10(13)14)9-4-8(11)3-2-7(9)5-12/h2-6H,1H3,(H,13,14). The van der Waals surface area contributed by atoms with Gasteiger partial charge >= 0.3 is 5.97 Å². The van der Waals surface area contributed by atoms with Gasteiger partial charge in [-0.2, -0.15) is 0 Å². The molecule has 0 saturated carbocycles. The minimum absolute atomic E-state index is 0.445. The molecule has 1 aromatic carbocycles.